The molecule has 20 heavy (non-hydrogen) atoms. The highest BCUT2D eigenvalue weighted by molar-refractivity contribution is 5.76. The summed E-state index contributed by atoms with van der Waals surface area (Å²) in [5.41, 5.74) is -0.725. The monoisotopic (exact) mass is 283 g/mol. The molecule has 1 amide bonds. The molecule has 1 aromatic heterocycles. The number of H-pyrrole nitrogens is 1. The molecule has 0 aliphatic heterocycles. The molecule has 1 unspecified atom stereocenters. The summed E-state index contributed by atoms with van der Waals surface area (Å²) in [6.07, 6.45) is 2.17. The Balaban J connectivity index is 2.79. The lowest BCUT2D eigenvalue weighted by atomic mass is 10.00. The van der Waals surface area contributed by atoms with Gasteiger partial charge in [0.15, 0.2) is 0 Å². The van der Waals surface area contributed by atoms with E-state index in [2.05, 4.69) is 10.3 Å². The normalized spacial score (nSPS) is 13.8. The van der Waals surface area contributed by atoms with Gasteiger partial charge < -0.3 is 10.4 Å². The maximum atomic E-state index is 11.9. The van der Waals surface area contributed by atoms with Crippen LogP contribution in [-0.4, -0.2) is 33.2 Å². The Hall–Kier alpha value is -1.89. The minimum absolute atomic E-state index is 0.137. The summed E-state index contributed by atoms with van der Waals surface area (Å²) < 4.78 is 1.14. The van der Waals surface area contributed by atoms with Crippen molar-refractivity contribution in [3.05, 3.63) is 32.6 Å². The number of nitrogens with one attached hydrogen (secondary N) is 2. The van der Waals surface area contributed by atoms with Gasteiger partial charge in [0, 0.05) is 11.8 Å². The zero-order valence-corrected chi connectivity index (χ0v) is 12.0. The first-order valence-corrected chi connectivity index (χ1v) is 6.59. The van der Waals surface area contributed by atoms with Gasteiger partial charge in [-0.05, 0) is 12.8 Å². The average molecular weight is 283 g/mol. The van der Waals surface area contributed by atoms with Crippen LogP contribution in [0.25, 0.3) is 0 Å². The zero-order chi connectivity index (χ0) is 15.3. The number of aromatic amines is 1. The van der Waals surface area contributed by atoms with Crippen molar-refractivity contribution in [2.45, 2.75) is 39.8 Å². The fraction of sp³-hybridized carbons (Fsp3) is 0.615. The number of hydrogen-bond acceptors (Lipinski definition) is 4. The quantitative estimate of drug-likeness (QED) is 0.646. The first-order valence-electron chi connectivity index (χ1n) is 6.59. The van der Waals surface area contributed by atoms with Crippen molar-refractivity contribution in [2.75, 3.05) is 6.61 Å². The minimum Gasteiger partial charge on any atom is -0.394 e. The van der Waals surface area contributed by atoms with Crippen LogP contribution in [0.2, 0.25) is 0 Å². The van der Waals surface area contributed by atoms with Crippen molar-refractivity contribution < 1.29 is 9.90 Å². The molecule has 7 nitrogen and oxygen atoms in total. The first-order chi connectivity index (χ1) is 9.38. The van der Waals surface area contributed by atoms with Crippen molar-refractivity contribution in [1.29, 1.82) is 0 Å². The van der Waals surface area contributed by atoms with Crippen molar-refractivity contribution in [2.24, 2.45) is 5.92 Å². The Morgan fingerprint density at radius 3 is 2.70 bits per heavy atom. The molecule has 1 heterocycles. The highest BCUT2D eigenvalue weighted by Gasteiger charge is 2.17. The van der Waals surface area contributed by atoms with Crippen LogP contribution in [0.5, 0.6) is 0 Å². The molecule has 0 saturated carbocycles. The lowest BCUT2D eigenvalue weighted by Gasteiger charge is -2.22. The largest absolute Gasteiger partial charge is 0.394 e. The maximum absolute atomic E-state index is 11.9. The topological polar surface area (TPSA) is 104 Å². The Morgan fingerprint density at radius 1 is 1.50 bits per heavy atom. The van der Waals surface area contributed by atoms with Crippen LogP contribution in [-0.2, 0) is 11.3 Å². The van der Waals surface area contributed by atoms with Crippen molar-refractivity contribution in [3.63, 3.8) is 0 Å². The molecule has 1 rings (SSSR count). The molecule has 2 atom stereocenters. The van der Waals surface area contributed by atoms with Crippen molar-refractivity contribution >= 4 is 5.91 Å². The van der Waals surface area contributed by atoms with Crippen LogP contribution in [0.3, 0.4) is 0 Å². The molecule has 0 aromatic carbocycles. The maximum Gasteiger partial charge on any atom is 0.328 e. The predicted molar refractivity (Wildman–Crippen MR) is 74.5 cm³/mol. The highest BCUT2D eigenvalue weighted by atomic mass is 16.3. The van der Waals surface area contributed by atoms with Crippen LogP contribution in [0, 0.1) is 12.8 Å². The lowest BCUT2D eigenvalue weighted by molar-refractivity contribution is -0.123. The van der Waals surface area contributed by atoms with Gasteiger partial charge >= 0.3 is 5.69 Å². The molecule has 0 spiro atoms. The molecule has 0 fully saturated rings. The molecule has 0 aliphatic rings. The standard InChI is InChI=1S/C13H21N3O4/c1-4-8(2)10(7-17)14-11(18)6-16-5-9(3)12(19)15-13(16)20/h5,8,10,17H,4,6-7H2,1-3H3,(H,14,18)(H,15,19,20)/t8?,10-/m0/s1. The van der Waals surface area contributed by atoms with Gasteiger partial charge in [-0.25, -0.2) is 4.79 Å². The van der Waals surface area contributed by atoms with E-state index in [1.807, 2.05) is 13.8 Å². The third-order valence-electron chi connectivity index (χ3n) is 3.38. The van der Waals surface area contributed by atoms with Gasteiger partial charge in [-0.15, -0.1) is 0 Å². The summed E-state index contributed by atoms with van der Waals surface area (Å²) in [5.74, 6) is -0.240. The smallest absolute Gasteiger partial charge is 0.328 e. The summed E-state index contributed by atoms with van der Waals surface area (Å²) >= 11 is 0. The van der Waals surface area contributed by atoms with Crippen LogP contribution < -0.4 is 16.6 Å². The molecule has 0 bridgehead atoms. The Bertz CT molecular complexity index is 576. The van der Waals surface area contributed by atoms with E-state index in [0.717, 1.165) is 11.0 Å². The number of hydrogen-bond donors (Lipinski definition) is 3. The van der Waals surface area contributed by atoms with Crippen molar-refractivity contribution in [3.8, 4) is 0 Å². The second-order valence-electron chi connectivity index (χ2n) is 4.94. The zero-order valence-electron chi connectivity index (χ0n) is 12.0. The molecular formula is C13H21N3O4. The van der Waals surface area contributed by atoms with Crippen LogP contribution >= 0.6 is 0 Å². The van der Waals surface area contributed by atoms with Gasteiger partial charge in [-0.2, -0.15) is 0 Å². The summed E-state index contributed by atoms with van der Waals surface area (Å²) in [5, 5.41) is 11.9. The number of carbonyl (C=O) groups is 1. The van der Waals surface area contributed by atoms with E-state index >= 15 is 0 Å². The van der Waals surface area contributed by atoms with E-state index in [-0.39, 0.29) is 31.0 Å². The van der Waals surface area contributed by atoms with E-state index < -0.39 is 11.2 Å². The molecule has 0 aliphatic carbocycles. The number of amides is 1. The molecule has 7 heteroatoms. The lowest BCUT2D eigenvalue weighted by Crippen LogP contribution is -2.44. The molecule has 112 valence electrons. The predicted octanol–water partition coefficient (Wildman–Crippen LogP) is -0.632. The molecule has 3 N–H and O–H groups in total. The van der Waals surface area contributed by atoms with Crippen LogP contribution in [0.4, 0.5) is 0 Å². The van der Waals surface area contributed by atoms with Gasteiger partial charge in [0.1, 0.15) is 6.54 Å². The highest BCUT2D eigenvalue weighted by Crippen LogP contribution is 2.06. The third-order valence-corrected chi connectivity index (χ3v) is 3.38. The van der Waals surface area contributed by atoms with E-state index in [0.29, 0.717) is 5.56 Å². The van der Waals surface area contributed by atoms with E-state index in [4.69, 9.17) is 0 Å². The number of aliphatic hydroxyl groups is 1. The fourth-order valence-electron chi connectivity index (χ4n) is 1.80. The number of rotatable bonds is 6. The van der Waals surface area contributed by atoms with Gasteiger partial charge in [0.25, 0.3) is 5.56 Å². The van der Waals surface area contributed by atoms with Gasteiger partial charge in [-0.1, -0.05) is 20.3 Å². The third kappa shape index (κ3) is 4.06. The number of carbonyl (C=O) groups excluding carboxylic acids is 1. The van der Waals surface area contributed by atoms with Crippen LogP contribution in [0.15, 0.2) is 15.8 Å². The van der Waals surface area contributed by atoms with Gasteiger partial charge in [0.2, 0.25) is 5.91 Å². The summed E-state index contributed by atoms with van der Waals surface area (Å²) in [4.78, 5) is 36.8. The van der Waals surface area contributed by atoms with Gasteiger partial charge in [0.05, 0.1) is 12.6 Å². The molecule has 0 radical (unpaired) electrons. The summed E-state index contributed by atoms with van der Waals surface area (Å²) in [7, 11) is 0. The molecular weight excluding hydrogens is 262 g/mol. The Morgan fingerprint density at radius 2 is 2.15 bits per heavy atom. The molecule has 1 aromatic rings. The van der Waals surface area contributed by atoms with E-state index in [9.17, 15) is 19.5 Å². The van der Waals surface area contributed by atoms with Gasteiger partial charge in [-0.3, -0.25) is 19.1 Å². The van der Waals surface area contributed by atoms with E-state index in [1.165, 1.54) is 6.20 Å². The first kappa shape index (κ1) is 16.2. The van der Waals surface area contributed by atoms with Crippen LogP contribution in [0.1, 0.15) is 25.8 Å². The number of nitrogens with zero attached hydrogens (tertiary/aromatic N) is 1. The second kappa shape index (κ2) is 7.04. The fourth-order valence-corrected chi connectivity index (χ4v) is 1.80. The summed E-state index contributed by atoms with van der Waals surface area (Å²) in [6.45, 7) is 5.11. The number of aryl methyl sites for hydroxylation is 1. The molecule has 0 saturated heterocycles. The number of aromatic nitrogens is 2. The summed E-state index contributed by atoms with van der Waals surface area (Å²) in [6, 6.07) is -0.341. The minimum atomic E-state index is -0.625. The average Bonchev–Trinajstić information content (AvgIpc) is 2.41. The number of aliphatic hydroxyl groups excluding tert-OH is 1. The second-order valence-corrected chi connectivity index (χ2v) is 4.94. The Kier molecular flexibility index (Phi) is 5.69. The SMILES string of the molecule is CCC(C)[C@H](CO)NC(=O)Cn1cc(C)c(=O)[nH]c1=O. The van der Waals surface area contributed by atoms with Crippen molar-refractivity contribution in [1.82, 2.24) is 14.9 Å². The van der Waals surface area contributed by atoms with E-state index in [1.54, 1.807) is 6.92 Å². The Labute approximate surface area is 116 Å².